The first-order valence-electron chi connectivity index (χ1n) is 4.18. The molecule has 1 atom stereocenters. The van der Waals surface area contributed by atoms with Gasteiger partial charge >= 0.3 is 0 Å². The molecule has 0 saturated heterocycles. The summed E-state index contributed by atoms with van der Waals surface area (Å²) in [5.74, 6) is 0. The van der Waals surface area contributed by atoms with Crippen molar-refractivity contribution in [2.24, 2.45) is 0 Å². The minimum Gasteiger partial charge on any atom is -0.332 e. The number of benzene rings is 1. The molecule has 1 aliphatic rings. The lowest BCUT2D eigenvalue weighted by molar-refractivity contribution is 0.685. The summed E-state index contributed by atoms with van der Waals surface area (Å²) in [6.45, 7) is 0. The number of anilines is 1. The highest BCUT2D eigenvalue weighted by molar-refractivity contribution is 8.56. The van der Waals surface area contributed by atoms with Gasteiger partial charge in [0.15, 0.2) is 0 Å². The molecule has 0 aromatic heterocycles. The molecule has 0 fully saturated rings. The molecule has 1 unspecified atom stereocenters. The van der Waals surface area contributed by atoms with Gasteiger partial charge in [0.2, 0.25) is 0 Å². The van der Waals surface area contributed by atoms with E-state index in [2.05, 4.69) is 54.7 Å². The van der Waals surface area contributed by atoms with Crippen LogP contribution in [0.25, 0.3) is 0 Å². The highest BCUT2D eigenvalue weighted by Gasteiger charge is 2.28. The molecule has 0 aliphatic carbocycles. The smallest absolute Gasteiger partial charge is 0.136 e. The van der Waals surface area contributed by atoms with E-state index < -0.39 is 0 Å². The Balaban J connectivity index is 2.32. The first-order valence-corrected chi connectivity index (χ1v) is 6.85. The van der Waals surface area contributed by atoms with Gasteiger partial charge < -0.3 is 4.67 Å². The summed E-state index contributed by atoms with van der Waals surface area (Å²) in [6, 6.07) is 8.59. The maximum absolute atomic E-state index is 2.37. The van der Waals surface area contributed by atoms with Crippen LogP contribution in [0.3, 0.4) is 0 Å². The van der Waals surface area contributed by atoms with E-state index in [1.54, 1.807) is 0 Å². The number of hydrogen-bond donors (Lipinski definition) is 0. The Labute approximate surface area is 84.5 Å². The SMILES string of the molecule is CN(C)P1Sc2ccccc2N1C. The van der Waals surface area contributed by atoms with E-state index in [1.807, 2.05) is 11.4 Å². The van der Waals surface area contributed by atoms with Crippen molar-refractivity contribution in [1.82, 2.24) is 4.67 Å². The van der Waals surface area contributed by atoms with Crippen molar-refractivity contribution in [2.75, 3.05) is 25.8 Å². The van der Waals surface area contributed by atoms with Gasteiger partial charge in [-0.25, -0.2) is 0 Å². The molecular weight excluding hydrogens is 199 g/mol. The van der Waals surface area contributed by atoms with Gasteiger partial charge in [-0.1, -0.05) is 23.5 Å². The van der Waals surface area contributed by atoms with E-state index in [0.717, 1.165) is 0 Å². The van der Waals surface area contributed by atoms with Crippen molar-refractivity contribution in [2.45, 2.75) is 4.90 Å². The minimum absolute atomic E-state index is 0.209. The van der Waals surface area contributed by atoms with E-state index in [0.29, 0.717) is 0 Å². The lowest BCUT2D eigenvalue weighted by Crippen LogP contribution is -2.14. The Morgan fingerprint density at radius 2 is 2.00 bits per heavy atom. The second-order valence-electron chi connectivity index (χ2n) is 3.18. The molecule has 70 valence electrons. The topological polar surface area (TPSA) is 6.48 Å². The van der Waals surface area contributed by atoms with Gasteiger partial charge in [-0.3, -0.25) is 4.67 Å². The van der Waals surface area contributed by atoms with Crippen molar-refractivity contribution in [3.63, 3.8) is 0 Å². The van der Waals surface area contributed by atoms with Gasteiger partial charge in [-0.15, -0.1) is 0 Å². The molecule has 2 nitrogen and oxygen atoms in total. The molecule has 13 heavy (non-hydrogen) atoms. The maximum Gasteiger partial charge on any atom is 0.136 e. The molecule has 0 amide bonds. The summed E-state index contributed by atoms with van der Waals surface area (Å²) in [4.78, 5) is 1.41. The summed E-state index contributed by atoms with van der Waals surface area (Å²) in [6.07, 6.45) is 0. The van der Waals surface area contributed by atoms with Gasteiger partial charge in [0.25, 0.3) is 0 Å². The summed E-state index contributed by atoms with van der Waals surface area (Å²) in [5.41, 5.74) is 1.37. The molecule has 2 rings (SSSR count). The van der Waals surface area contributed by atoms with Crippen LogP contribution >= 0.6 is 18.8 Å². The van der Waals surface area contributed by atoms with Gasteiger partial charge in [-0.05, 0) is 26.2 Å². The largest absolute Gasteiger partial charge is 0.332 e. The quantitative estimate of drug-likeness (QED) is 0.661. The van der Waals surface area contributed by atoms with Crippen LogP contribution < -0.4 is 4.67 Å². The van der Waals surface area contributed by atoms with Crippen LogP contribution in [-0.2, 0) is 0 Å². The fourth-order valence-electron chi connectivity index (χ4n) is 1.39. The molecule has 1 aromatic rings. The molecule has 4 heteroatoms. The maximum atomic E-state index is 2.37. The summed E-state index contributed by atoms with van der Waals surface area (Å²) in [7, 11) is 6.24. The van der Waals surface area contributed by atoms with Gasteiger partial charge in [-0.2, -0.15) is 0 Å². The van der Waals surface area contributed by atoms with E-state index in [4.69, 9.17) is 0 Å². The van der Waals surface area contributed by atoms with Gasteiger partial charge in [0.1, 0.15) is 7.42 Å². The van der Waals surface area contributed by atoms with Crippen LogP contribution in [0.15, 0.2) is 29.2 Å². The predicted molar refractivity (Wildman–Crippen MR) is 61.3 cm³/mol. The van der Waals surface area contributed by atoms with Crippen LogP contribution in [0.4, 0.5) is 5.69 Å². The number of fused-ring (bicyclic) bond motifs is 1. The van der Waals surface area contributed by atoms with Crippen LogP contribution in [-0.4, -0.2) is 25.8 Å². The molecule has 0 bridgehead atoms. The molecule has 1 aromatic carbocycles. The van der Waals surface area contributed by atoms with Crippen molar-refractivity contribution in [3.8, 4) is 0 Å². The Kier molecular flexibility index (Phi) is 2.50. The van der Waals surface area contributed by atoms with Crippen molar-refractivity contribution in [1.29, 1.82) is 0 Å². The molecule has 0 saturated carbocycles. The third kappa shape index (κ3) is 1.56. The fourth-order valence-corrected chi connectivity index (χ4v) is 5.37. The average Bonchev–Trinajstić information content (AvgIpc) is 2.45. The van der Waals surface area contributed by atoms with Gasteiger partial charge in [0, 0.05) is 11.9 Å². The highest BCUT2D eigenvalue weighted by atomic mass is 32.7. The molecule has 0 N–H and O–H groups in total. The van der Waals surface area contributed by atoms with E-state index in [-0.39, 0.29) is 7.42 Å². The van der Waals surface area contributed by atoms with Gasteiger partial charge in [0.05, 0.1) is 5.69 Å². The molecule has 1 aliphatic heterocycles. The van der Waals surface area contributed by atoms with E-state index >= 15 is 0 Å². The zero-order chi connectivity index (χ0) is 9.42. The van der Waals surface area contributed by atoms with Crippen LogP contribution in [0, 0.1) is 0 Å². The average molecular weight is 212 g/mol. The first-order chi connectivity index (χ1) is 6.20. The minimum atomic E-state index is -0.209. The van der Waals surface area contributed by atoms with Crippen molar-refractivity contribution >= 4 is 24.5 Å². The normalized spacial score (nSPS) is 20.9. The second kappa shape index (κ2) is 3.49. The monoisotopic (exact) mass is 212 g/mol. The lowest BCUT2D eigenvalue weighted by atomic mass is 10.3. The summed E-state index contributed by atoms with van der Waals surface area (Å²) in [5, 5.41) is 0. The van der Waals surface area contributed by atoms with E-state index in [1.165, 1.54) is 10.6 Å². The Morgan fingerprint density at radius 1 is 1.31 bits per heavy atom. The summed E-state index contributed by atoms with van der Waals surface area (Å²) >= 11 is 1.97. The third-order valence-corrected chi connectivity index (χ3v) is 6.91. The zero-order valence-electron chi connectivity index (χ0n) is 8.06. The predicted octanol–water partition coefficient (Wildman–Crippen LogP) is 3.02. The Morgan fingerprint density at radius 3 is 2.62 bits per heavy atom. The lowest BCUT2D eigenvalue weighted by Gasteiger charge is -2.25. The highest BCUT2D eigenvalue weighted by Crippen LogP contribution is 2.66. The number of nitrogens with zero attached hydrogens (tertiary/aromatic N) is 2. The van der Waals surface area contributed by atoms with Crippen LogP contribution in [0.2, 0.25) is 0 Å². The number of para-hydroxylation sites is 1. The van der Waals surface area contributed by atoms with Crippen molar-refractivity contribution < 1.29 is 0 Å². The molecule has 1 heterocycles. The first kappa shape index (κ1) is 9.32. The van der Waals surface area contributed by atoms with E-state index in [9.17, 15) is 0 Å². The number of rotatable bonds is 1. The standard InChI is InChI=1S/C9H13N2PS/c1-10(2)12-11(3)8-6-4-5-7-9(8)13-12/h4-7H,1-3H3. The molecule has 0 radical (unpaired) electrons. The van der Waals surface area contributed by atoms with Crippen LogP contribution in [0.5, 0.6) is 0 Å². The molecule has 0 spiro atoms. The second-order valence-corrected chi connectivity index (χ2v) is 7.24. The number of hydrogen-bond acceptors (Lipinski definition) is 3. The molecular formula is C9H13N2PS. The third-order valence-electron chi connectivity index (χ3n) is 1.99. The van der Waals surface area contributed by atoms with Crippen molar-refractivity contribution in [3.05, 3.63) is 24.3 Å². The summed E-state index contributed by atoms with van der Waals surface area (Å²) < 4.78 is 4.66. The Bertz CT molecular complexity index is 316. The Hall–Kier alpha value is -0.240. The fraction of sp³-hybridized carbons (Fsp3) is 0.333. The zero-order valence-corrected chi connectivity index (χ0v) is 9.77. The van der Waals surface area contributed by atoms with Crippen LogP contribution in [0.1, 0.15) is 0 Å².